The van der Waals surface area contributed by atoms with Gasteiger partial charge in [-0.25, -0.2) is 4.79 Å². The molecule has 112 valence electrons. The van der Waals surface area contributed by atoms with E-state index >= 15 is 0 Å². The standard InChI is InChI=1S/C14H23N3O3/c1-3-6-11-12(18)15-14(20)17(13(11)19)9-10-7-5-8-16(10)4-2/h10-11H,3-9H2,1-2H3,(H,15,18,20). The van der Waals surface area contributed by atoms with E-state index < -0.39 is 17.9 Å². The first-order valence-corrected chi connectivity index (χ1v) is 7.48. The molecule has 20 heavy (non-hydrogen) atoms. The summed E-state index contributed by atoms with van der Waals surface area (Å²) in [5.74, 6) is -1.48. The summed E-state index contributed by atoms with van der Waals surface area (Å²) >= 11 is 0. The molecule has 0 saturated carbocycles. The molecule has 0 aliphatic carbocycles. The first-order chi connectivity index (χ1) is 9.58. The van der Waals surface area contributed by atoms with Crippen LogP contribution in [0.5, 0.6) is 0 Å². The molecule has 6 heteroatoms. The molecule has 2 aliphatic rings. The highest BCUT2D eigenvalue weighted by molar-refractivity contribution is 6.16. The number of barbiturate groups is 1. The number of carbonyl (C=O) groups excluding carboxylic acids is 3. The minimum absolute atomic E-state index is 0.227. The molecule has 2 atom stereocenters. The number of likely N-dealkylation sites (N-methyl/N-ethyl adjacent to an activating group) is 1. The lowest BCUT2D eigenvalue weighted by molar-refractivity contribution is -0.143. The van der Waals surface area contributed by atoms with E-state index in [1.165, 1.54) is 4.90 Å². The van der Waals surface area contributed by atoms with Crippen LogP contribution in [0.15, 0.2) is 0 Å². The van der Waals surface area contributed by atoms with Crippen LogP contribution in [-0.4, -0.2) is 53.3 Å². The van der Waals surface area contributed by atoms with Gasteiger partial charge < -0.3 is 0 Å². The van der Waals surface area contributed by atoms with Crippen LogP contribution in [0.25, 0.3) is 0 Å². The van der Waals surface area contributed by atoms with Crippen molar-refractivity contribution in [2.45, 2.75) is 45.6 Å². The van der Waals surface area contributed by atoms with Crippen LogP contribution in [0, 0.1) is 5.92 Å². The molecule has 0 aromatic carbocycles. The van der Waals surface area contributed by atoms with Crippen LogP contribution in [-0.2, 0) is 9.59 Å². The second-order valence-corrected chi connectivity index (χ2v) is 5.51. The van der Waals surface area contributed by atoms with Gasteiger partial charge in [0, 0.05) is 12.6 Å². The maximum Gasteiger partial charge on any atom is 0.330 e. The molecule has 2 saturated heterocycles. The van der Waals surface area contributed by atoms with Crippen molar-refractivity contribution in [3.8, 4) is 0 Å². The molecule has 2 rings (SSSR count). The number of carbonyl (C=O) groups is 3. The summed E-state index contributed by atoms with van der Waals surface area (Å²) in [7, 11) is 0. The van der Waals surface area contributed by atoms with Crippen molar-refractivity contribution in [1.82, 2.24) is 15.1 Å². The summed E-state index contributed by atoms with van der Waals surface area (Å²) in [5.41, 5.74) is 0. The number of urea groups is 1. The molecular formula is C14H23N3O3. The highest BCUT2D eigenvalue weighted by atomic mass is 16.2. The number of imide groups is 2. The van der Waals surface area contributed by atoms with Gasteiger partial charge in [-0.2, -0.15) is 0 Å². The fraction of sp³-hybridized carbons (Fsp3) is 0.786. The lowest BCUT2D eigenvalue weighted by Gasteiger charge is -2.33. The lowest BCUT2D eigenvalue weighted by atomic mass is 9.99. The van der Waals surface area contributed by atoms with E-state index in [9.17, 15) is 14.4 Å². The molecule has 6 nitrogen and oxygen atoms in total. The molecule has 2 aliphatic heterocycles. The summed E-state index contributed by atoms with van der Waals surface area (Å²) in [4.78, 5) is 39.5. The number of likely N-dealkylation sites (tertiary alicyclic amines) is 1. The van der Waals surface area contributed by atoms with Crippen LogP contribution < -0.4 is 5.32 Å². The minimum atomic E-state index is -0.700. The van der Waals surface area contributed by atoms with Gasteiger partial charge in [0.1, 0.15) is 5.92 Å². The molecule has 0 radical (unpaired) electrons. The average molecular weight is 281 g/mol. The topological polar surface area (TPSA) is 69.7 Å². The Bertz CT molecular complexity index is 410. The van der Waals surface area contributed by atoms with Crippen LogP contribution in [0.3, 0.4) is 0 Å². The zero-order chi connectivity index (χ0) is 14.7. The van der Waals surface area contributed by atoms with Crippen LogP contribution >= 0.6 is 0 Å². The fourth-order valence-electron chi connectivity index (χ4n) is 3.11. The van der Waals surface area contributed by atoms with Gasteiger partial charge in [-0.05, 0) is 32.4 Å². The normalized spacial score (nSPS) is 28.1. The Morgan fingerprint density at radius 2 is 2.00 bits per heavy atom. The number of nitrogens with zero attached hydrogens (tertiary/aromatic N) is 2. The van der Waals surface area contributed by atoms with Gasteiger partial charge in [-0.1, -0.05) is 20.3 Å². The number of hydrogen-bond acceptors (Lipinski definition) is 4. The quantitative estimate of drug-likeness (QED) is 0.762. The Morgan fingerprint density at radius 1 is 1.25 bits per heavy atom. The first-order valence-electron chi connectivity index (χ1n) is 7.48. The van der Waals surface area contributed by atoms with E-state index in [1.807, 2.05) is 6.92 Å². The average Bonchev–Trinajstić information content (AvgIpc) is 2.86. The van der Waals surface area contributed by atoms with Crippen LogP contribution in [0.1, 0.15) is 39.5 Å². The van der Waals surface area contributed by atoms with E-state index in [1.54, 1.807) is 0 Å². The Morgan fingerprint density at radius 3 is 2.65 bits per heavy atom. The van der Waals surface area contributed by atoms with Crippen LogP contribution in [0.4, 0.5) is 4.79 Å². The molecular weight excluding hydrogens is 258 g/mol. The predicted molar refractivity (Wildman–Crippen MR) is 73.9 cm³/mol. The third kappa shape index (κ3) is 2.85. The monoisotopic (exact) mass is 281 g/mol. The molecule has 1 N–H and O–H groups in total. The third-order valence-electron chi connectivity index (χ3n) is 4.23. The Hall–Kier alpha value is -1.43. The van der Waals surface area contributed by atoms with Gasteiger partial charge in [0.25, 0.3) is 0 Å². The van der Waals surface area contributed by atoms with Crippen LogP contribution in [0.2, 0.25) is 0 Å². The molecule has 0 aromatic heterocycles. The second kappa shape index (κ2) is 6.35. The van der Waals surface area contributed by atoms with E-state index in [2.05, 4.69) is 17.1 Å². The zero-order valence-corrected chi connectivity index (χ0v) is 12.2. The summed E-state index contributed by atoms with van der Waals surface area (Å²) in [6.45, 7) is 6.34. The molecule has 4 amide bonds. The van der Waals surface area contributed by atoms with Crippen molar-refractivity contribution in [2.24, 2.45) is 5.92 Å². The summed E-state index contributed by atoms with van der Waals surface area (Å²) in [6.07, 6.45) is 3.34. The van der Waals surface area contributed by atoms with Gasteiger partial charge in [0.15, 0.2) is 0 Å². The van der Waals surface area contributed by atoms with E-state index in [-0.39, 0.29) is 11.9 Å². The van der Waals surface area contributed by atoms with Gasteiger partial charge in [0.05, 0.1) is 0 Å². The summed E-state index contributed by atoms with van der Waals surface area (Å²) in [6, 6.07) is -0.333. The maximum absolute atomic E-state index is 12.3. The molecule has 0 bridgehead atoms. The SMILES string of the molecule is CCCC1C(=O)NC(=O)N(CC2CCCN2CC)C1=O. The largest absolute Gasteiger partial charge is 0.330 e. The highest BCUT2D eigenvalue weighted by Crippen LogP contribution is 2.21. The van der Waals surface area contributed by atoms with Crippen molar-refractivity contribution in [3.05, 3.63) is 0 Å². The second-order valence-electron chi connectivity index (χ2n) is 5.51. The minimum Gasteiger partial charge on any atom is -0.299 e. The molecule has 2 fully saturated rings. The summed E-state index contributed by atoms with van der Waals surface area (Å²) < 4.78 is 0. The first kappa shape index (κ1) is 15.0. The highest BCUT2D eigenvalue weighted by Gasteiger charge is 2.41. The molecule has 2 heterocycles. The van der Waals surface area contributed by atoms with E-state index in [0.717, 1.165) is 32.4 Å². The number of rotatable bonds is 5. The smallest absolute Gasteiger partial charge is 0.299 e. The Kier molecular flexibility index (Phi) is 4.75. The van der Waals surface area contributed by atoms with Gasteiger partial charge >= 0.3 is 6.03 Å². The van der Waals surface area contributed by atoms with Gasteiger partial charge in [-0.3, -0.25) is 24.7 Å². The predicted octanol–water partition coefficient (Wildman–Crippen LogP) is 0.965. The van der Waals surface area contributed by atoms with E-state index in [4.69, 9.17) is 0 Å². The number of hydrogen-bond donors (Lipinski definition) is 1. The third-order valence-corrected chi connectivity index (χ3v) is 4.23. The van der Waals surface area contributed by atoms with Crippen molar-refractivity contribution in [1.29, 1.82) is 0 Å². The van der Waals surface area contributed by atoms with Gasteiger partial charge in [0.2, 0.25) is 11.8 Å². The fourth-order valence-corrected chi connectivity index (χ4v) is 3.11. The Balaban J connectivity index is 2.07. The Labute approximate surface area is 119 Å². The van der Waals surface area contributed by atoms with Gasteiger partial charge in [-0.15, -0.1) is 0 Å². The summed E-state index contributed by atoms with van der Waals surface area (Å²) in [5, 5.41) is 2.31. The van der Waals surface area contributed by atoms with Crippen molar-refractivity contribution < 1.29 is 14.4 Å². The number of amides is 4. The molecule has 2 unspecified atom stereocenters. The van der Waals surface area contributed by atoms with Crippen molar-refractivity contribution in [2.75, 3.05) is 19.6 Å². The number of nitrogens with one attached hydrogen (secondary N) is 1. The lowest BCUT2D eigenvalue weighted by Crippen LogP contribution is -2.60. The van der Waals surface area contributed by atoms with E-state index in [0.29, 0.717) is 13.0 Å². The van der Waals surface area contributed by atoms with Crippen molar-refractivity contribution >= 4 is 17.8 Å². The molecule has 0 aromatic rings. The maximum atomic E-state index is 12.3. The van der Waals surface area contributed by atoms with Crippen molar-refractivity contribution in [3.63, 3.8) is 0 Å². The zero-order valence-electron chi connectivity index (χ0n) is 12.2. The molecule has 0 spiro atoms.